The van der Waals surface area contributed by atoms with Crippen molar-refractivity contribution in [2.24, 2.45) is 5.73 Å². The molecule has 0 saturated carbocycles. The fraction of sp³-hybridized carbons (Fsp3) is 0.600. The van der Waals surface area contributed by atoms with Crippen molar-refractivity contribution >= 4 is 0 Å². The van der Waals surface area contributed by atoms with E-state index in [4.69, 9.17) is 10.5 Å². The van der Waals surface area contributed by atoms with Crippen LogP contribution in [-0.2, 0) is 6.42 Å². The second-order valence-electron chi connectivity index (χ2n) is 5.80. The van der Waals surface area contributed by atoms with Crippen molar-refractivity contribution in [3.8, 4) is 5.75 Å². The quantitative estimate of drug-likeness (QED) is 0.728. The molecule has 19 heavy (non-hydrogen) atoms. The zero-order valence-electron chi connectivity index (χ0n) is 12.2. The fourth-order valence-corrected chi connectivity index (χ4v) is 1.73. The normalized spacial score (nSPS) is 15.1. The monoisotopic (exact) mass is 267 g/mol. The molecule has 0 amide bonds. The van der Waals surface area contributed by atoms with Crippen LogP contribution in [0.1, 0.15) is 31.9 Å². The van der Waals surface area contributed by atoms with Crippen LogP contribution in [0, 0.1) is 6.92 Å². The summed E-state index contributed by atoms with van der Waals surface area (Å²) in [6, 6.07) is 5.78. The lowest BCUT2D eigenvalue weighted by Crippen LogP contribution is -2.48. The molecule has 0 fully saturated rings. The first-order valence-electron chi connectivity index (χ1n) is 6.57. The maximum Gasteiger partial charge on any atom is 0.122 e. The van der Waals surface area contributed by atoms with Gasteiger partial charge in [0, 0.05) is 5.54 Å². The van der Waals surface area contributed by atoms with Crippen LogP contribution < -0.4 is 10.5 Å². The van der Waals surface area contributed by atoms with Crippen molar-refractivity contribution in [3.05, 3.63) is 29.3 Å². The van der Waals surface area contributed by atoms with E-state index in [0.717, 1.165) is 16.9 Å². The van der Waals surface area contributed by atoms with Crippen LogP contribution in [-0.4, -0.2) is 34.6 Å². The molecule has 0 heterocycles. The van der Waals surface area contributed by atoms with E-state index in [2.05, 4.69) is 0 Å². The Kier molecular flexibility index (Phi) is 5.35. The molecule has 0 saturated heterocycles. The molecule has 0 aliphatic rings. The molecule has 1 rings (SSSR count). The standard InChI is InChI=1S/C15H25NO3/c1-10-7-12(8-11(2)17)5-6-13(10)19-9-14(18)15(3,4)16/h5-7,11,14,17-18H,8-9,16H2,1-4H3. The number of aliphatic hydroxyl groups excluding tert-OH is 2. The summed E-state index contributed by atoms with van der Waals surface area (Å²) in [6.45, 7) is 7.40. The van der Waals surface area contributed by atoms with Crippen LogP contribution in [0.15, 0.2) is 18.2 Å². The van der Waals surface area contributed by atoms with Crippen LogP contribution >= 0.6 is 0 Å². The summed E-state index contributed by atoms with van der Waals surface area (Å²) < 4.78 is 5.59. The lowest BCUT2D eigenvalue weighted by molar-refractivity contribution is 0.0542. The molecule has 4 heteroatoms. The average molecular weight is 267 g/mol. The first kappa shape index (κ1) is 16.0. The van der Waals surface area contributed by atoms with Gasteiger partial charge in [-0.2, -0.15) is 0 Å². The summed E-state index contributed by atoms with van der Waals surface area (Å²) in [5, 5.41) is 19.2. The van der Waals surface area contributed by atoms with Gasteiger partial charge >= 0.3 is 0 Å². The van der Waals surface area contributed by atoms with E-state index < -0.39 is 11.6 Å². The second-order valence-corrected chi connectivity index (χ2v) is 5.80. The first-order valence-corrected chi connectivity index (χ1v) is 6.57. The van der Waals surface area contributed by atoms with Crippen LogP contribution in [0.5, 0.6) is 5.75 Å². The van der Waals surface area contributed by atoms with Gasteiger partial charge in [0.2, 0.25) is 0 Å². The molecule has 0 spiro atoms. The molecule has 108 valence electrons. The highest BCUT2D eigenvalue weighted by Gasteiger charge is 2.23. The molecule has 4 N–H and O–H groups in total. The summed E-state index contributed by atoms with van der Waals surface area (Å²) in [6.07, 6.45) is -0.449. The van der Waals surface area contributed by atoms with Gasteiger partial charge in [-0.3, -0.25) is 0 Å². The summed E-state index contributed by atoms with van der Waals surface area (Å²) >= 11 is 0. The zero-order valence-corrected chi connectivity index (χ0v) is 12.2. The Morgan fingerprint density at radius 1 is 1.32 bits per heavy atom. The van der Waals surface area contributed by atoms with Crippen LogP contribution in [0.3, 0.4) is 0 Å². The molecule has 0 aliphatic heterocycles. The van der Waals surface area contributed by atoms with Crippen LogP contribution in [0.4, 0.5) is 0 Å². The summed E-state index contributed by atoms with van der Waals surface area (Å²) in [5.74, 6) is 0.734. The van der Waals surface area contributed by atoms with Crippen molar-refractivity contribution in [3.63, 3.8) is 0 Å². The Morgan fingerprint density at radius 3 is 2.42 bits per heavy atom. The predicted octanol–water partition coefficient (Wildman–Crippen LogP) is 1.40. The Hall–Kier alpha value is -1.10. The van der Waals surface area contributed by atoms with E-state index in [1.54, 1.807) is 20.8 Å². The number of nitrogens with two attached hydrogens (primary N) is 1. The minimum absolute atomic E-state index is 0.167. The van der Waals surface area contributed by atoms with Gasteiger partial charge in [0.15, 0.2) is 0 Å². The Balaban J connectivity index is 2.65. The van der Waals surface area contributed by atoms with Crippen molar-refractivity contribution in [1.29, 1.82) is 0 Å². The maximum atomic E-state index is 9.83. The van der Waals surface area contributed by atoms with Crippen molar-refractivity contribution < 1.29 is 14.9 Å². The smallest absolute Gasteiger partial charge is 0.122 e. The summed E-state index contributed by atoms with van der Waals surface area (Å²) in [7, 11) is 0. The molecule has 0 aromatic heterocycles. The molecule has 1 aromatic rings. The Morgan fingerprint density at radius 2 is 1.95 bits per heavy atom. The van der Waals surface area contributed by atoms with Gasteiger partial charge in [-0.1, -0.05) is 12.1 Å². The number of benzene rings is 1. The minimum atomic E-state index is -0.718. The lowest BCUT2D eigenvalue weighted by Gasteiger charge is -2.26. The Labute approximate surface area is 115 Å². The van der Waals surface area contributed by atoms with E-state index >= 15 is 0 Å². The van der Waals surface area contributed by atoms with E-state index in [0.29, 0.717) is 6.42 Å². The van der Waals surface area contributed by atoms with Crippen molar-refractivity contribution in [2.75, 3.05) is 6.61 Å². The highest BCUT2D eigenvalue weighted by molar-refractivity contribution is 5.36. The number of hydrogen-bond donors (Lipinski definition) is 3. The van der Waals surface area contributed by atoms with E-state index in [1.165, 1.54) is 0 Å². The Bertz CT molecular complexity index is 410. The third-order valence-electron chi connectivity index (χ3n) is 3.03. The van der Waals surface area contributed by atoms with Gasteiger partial charge in [0.25, 0.3) is 0 Å². The van der Waals surface area contributed by atoms with Crippen LogP contribution in [0.2, 0.25) is 0 Å². The first-order chi connectivity index (χ1) is 8.70. The topological polar surface area (TPSA) is 75.7 Å². The predicted molar refractivity (Wildman–Crippen MR) is 76.3 cm³/mol. The number of rotatable bonds is 6. The number of aliphatic hydroxyl groups is 2. The van der Waals surface area contributed by atoms with Gasteiger partial charge in [0.1, 0.15) is 18.5 Å². The number of ether oxygens (including phenoxy) is 1. The zero-order chi connectivity index (χ0) is 14.6. The van der Waals surface area contributed by atoms with Gasteiger partial charge in [-0.25, -0.2) is 0 Å². The highest BCUT2D eigenvalue weighted by atomic mass is 16.5. The van der Waals surface area contributed by atoms with E-state index in [-0.39, 0.29) is 12.7 Å². The van der Waals surface area contributed by atoms with E-state index in [9.17, 15) is 10.2 Å². The van der Waals surface area contributed by atoms with E-state index in [1.807, 2.05) is 25.1 Å². The fourth-order valence-electron chi connectivity index (χ4n) is 1.73. The van der Waals surface area contributed by atoms with Gasteiger partial charge in [-0.15, -0.1) is 0 Å². The lowest BCUT2D eigenvalue weighted by atomic mass is 10.00. The third kappa shape index (κ3) is 5.19. The molecule has 0 aliphatic carbocycles. The SMILES string of the molecule is Cc1cc(CC(C)O)ccc1OCC(O)C(C)(C)N. The summed E-state index contributed by atoms with van der Waals surface area (Å²) in [5.41, 5.74) is 7.18. The molecule has 0 radical (unpaired) electrons. The van der Waals surface area contributed by atoms with Gasteiger partial charge in [0.05, 0.1) is 6.10 Å². The minimum Gasteiger partial charge on any atom is -0.491 e. The highest BCUT2D eigenvalue weighted by Crippen LogP contribution is 2.21. The molecule has 2 atom stereocenters. The maximum absolute atomic E-state index is 9.83. The third-order valence-corrected chi connectivity index (χ3v) is 3.03. The van der Waals surface area contributed by atoms with Gasteiger partial charge in [-0.05, 0) is 51.3 Å². The second kappa shape index (κ2) is 6.37. The molecule has 1 aromatic carbocycles. The van der Waals surface area contributed by atoms with Crippen molar-refractivity contribution in [2.45, 2.75) is 51.9 Å². The number of hydrogen-bond acceptors (Lipinski definition) is 4. The molecular formula is C15H25NO3. The molecule has 0 bridgehead atoms. The molecular weight excluding hydrogens is 242 g/mol. The molecule has 4 nitrogen and oxygen atoms in total. The number of aryl methyl sites for hydroxylation is 1. The van der Waals surface area contributed by atoms with Crippen molar-refractivity contribution in [1.82, 2.24) is 0 Å². The largest absolute Gasteiger partial charge is 0.491 e. The summed E-state index contributed by atoms with van der Waals surface area (Å²) in [4.78, 5) is 0. The van der Waals surface area contributed by atoms with Crippen LogP contribution in [0.25, 0.3) is 0 Å². The molecule has 2 unspecified atom stereocenters. The average Bonchev–Trinajstić information content (AvgIpc) is 2.25. The van der Waals surface area contributed by atoms with Gasteiger partial charge < -0.3 is 20.7 Å².